The first-order valence-corrected chi connectivity index (χ1v) is 12.3. The Morgan fingerprint density at radius 2 is 1.97 bits per heavy atom. The fourth-order valence-corrected chi connectivity index (χ4v) is 5.54. The van der Waals surface area contributed by atoms with Gasteiger partial charge in [-0.25, -0.2) is 4.98 Å². The van der Waals surface area contributed by atoms with Gasteiger partial charge in [0.25, 0.3) is 0 Å². The lowest BCUT2D eigenvalue weighted by atomic mass is 9.86. The number of ketones is 1. The van der Waals surface area contributed by atoms with E-state index in [1.807, 2.05) is 23.1 Å². The molecule has 0 saturated heterocycles. The van der Waals surface area contributed by atoms with Crippen LogP contribution in [0.2, 0.25) is 0 Å². The van der Waals surface area contributed by atoms with Crippen molar-refractivity contribution < 1.29 is 14.3 Å². The number of aromatic nitrogens is 1. The van der Waals surface area contributed by atoms with E-state index in [1.54, 1.807) is 6.20 Å². The van der Waals surface area contributed by atoms with E-state index in [1.165, 1.54) is 0 Å². The summed E-state index contributed by atoms with van der Waals surface area (Å²) in [5.41, 5.74) is 3.95. The molecule has 1 unspecified atom stereocenters. The molecule has 174 valence electrons. The van der Waals surface area contributed by atoms with Crippen molar-refractivity contribution in [2.45, 2.75) is 83.5 Å². The van der Waals surface area contributed by atoms with Crippen LogP contribution in [0.1, 0.15) is 75.8 Å². The zero-order valence-corrected chi connectivity index (χ0v) is 19.5. The Kier molecular flexibility index (Phi) is 6.19. The summed E-state index contributed by atoms with van der Waals surface area (Å²) in [7, 11) is 0. The molecule has 5 rings (SSSR count). The normalized spacial score (nSPS) is 24.8. The molecule has 1 aliphatic heterocycles. The molecule has 1 aromatic carbocycles. The van der Waals surface area contributed by atoms with Crippen molar-refractivity contribution in [2.75, 3.05) is 10.2 Å². The summed E-state index contributed by atoms with van der Waals surface area (Å²) in [6.07, 6.45) is 7.95. The van der Waals surface area contributed by atoms with E-state index in [9.17, 15) is 9.59 Å². The molecule has 6 nitrogen and oxygen atoms in total. The quantitative estimate of drug-likeness (QED) is 0.671. The summed E-state index contributed by atoms with van der Waals surface area (Å²) in [6, 6.07) is 10.2. The summed E-state index contributed by atoms with van der Waals surface area (Å²) in [5, 5.41) is 3.45. The topological polar surface area (TPSA) is 71.5 Å². The van der Waals surface area contributed by atoms with Crippen LogP contribution in [0.4, 0.5) is 17.2 Å². The number of fused-ring (bicyclic) bond motifs is 2. The number of anilines is 3. The predicted molar refractivity (Wildman–Crippen MR) is 129 cm³/mol. The van der Waals surface area contributed by atoms with Crippen molar-refractivity contribution >= 4 is 28.9 Å². The molecule has 0 radical (unpaired) electrons. The Morgan fingerprint density at radius 3 is 2.70 bits per heavy atom. The van der Waals surface area contributed by atoms with Crippen molar-refractivity contribution in [3.63, 3.8) is 0 Å². The highest BCUT2D eigenvalue weighted by molar-refractivity contribution is 5.99. The van der Waals surface area contributed by atoms with Gasteiger partial charge in [0.2, 0.25) is 5.91 Å². The van der Waals surface area contributed by atoms with Crippen LogP contribution < -0.4 is 10.2 Å². The van der Waals surface area contributed by atoms with E-state index in [4.69, 9.17) is 4.74 Å². The minimum atomic E-state index is -0.000187. The molecule has 1 N–H and O–H groups in total. The fraction of sp³-hybridized carbons (Fsp3) is 0.519. The van der Waals surface area contributed by atoms with Crippen LogP contribution in [0.5, 0.6) is 0 Å². The smallest absolute Gasteiger partial charge is 0.230 e. The van der Waals surface area contributed by atoms with E-state index in [0.717, 1.165) is 60.4 Å². The molecule has 3 aliphatic rings. The summed E-state index contributed by atoms with van der Waals surface area (Å²) in [4.78, 5) is 32.2. The molecule has 2 heterocycles. The standard InChI is InChI=1S/C27H33N3O3/c1-17(2)33-23-10-6-18(7-11-23)27(32)30-16-21-4-3-13-28-26(21)29-24-12-8-20(15-25(24)30)19-5-9-22(31)14-19/h3-4,8,12-13,15,17-19,23H,5-7,9-11,14,16H2,1-2H3,(H,28,29). The molecule has 33 heavy (non-hydrogen) atoms. The number of nitrogens with zero attached hydrogens (tertiary/aromatic N) is 2. The maximum absolute atomic E-state index is 13.9. The molecule has 2 fully saturated rings. The lowest BCUT2D eigenvalue weighted by Gasteiger charge is -2.33. The van der Waals surface area contributed by atoms with Crippen LogP contribution in [0.25, 0.3) is 0 Å². The van der Waals surface area contributed by atoms with Crippen LogP contribution >= 0.6 is 0 Å². The maximum Gasteiger partial charge on any atom is 0.230 e. The number of ether oxygens (including phenoxy) is 1. The maximum atomic E-state index is 13.9. The van der Waals surface area contributed by atoms with Gasteiger partial charge in [-0.15, -0.1) is 0 Å². The molecule has 1 amide bonds. The van der Waals surface area contributed by atoms with Crippen molar-refractivity contribution in [2.24, 2.45) is 5.92 Å². The van der Waals surface area contributed by atoms with Gasteiger partial charge in [0, 0.05) is 30.5 Å². The van der Waals surface area contributed by atoms with Crippen molar-refractivity contribution in [3.8, 4) is 0 Å². The number of pyridine rings is 1. The third kappa shape index (κ3) is 4.67. The Labute approximate surface area is 195 Å². The molecular formula is C27H33N3O3. The number of carbonyl (C=O) groups excluding carboxylic acids is 2. The second kappa shape index (κ2) is 9.26. The first-order valence-electron chi connectivity index (χ1n) is 12.3. The van der Waals surface area contributed by atoms with Gasteiger partial charge in [-0.3, -0.25) is 9.59 Å². The van der Waals surface area contributed by atoms with Crippen LogP contribution in [0, 0.1) is 5.92 Å². The zero-order chi connectivity index (χ0) is 22.9. The number of amides is 1. The van der Waals surface area contributed by atoms with Crippen molar-refractivity contribution in [1.29, 1.82) is 0 Å². The first kappa shape index (κ1) is 22.1. The monoisotopic (exact) mass is 447 g/mol. The lowest BCUT2D eigenvalue weighted by molar-refractivity contribution is -0.124. The number of benzene rings is 1. The highest BCUT2D eigenvalue weighted by Crippen LogP contribution is 2.41. The molecule has 2 aromatic rings. The largest absolute Gasteiger partial charge is 0.376 e. The minimum absolute atomic E-state index is 0.000187. The summed E-state index contributed by atoms with van der Waals surface area (Å²) >= 11 is 0. The Bertz CT molecular complexity index is 1040. The molecule has 2 saturated carbocycles. The highest BCUT2D eigenvalue weighted by Gasteiger charge is 2.34. The highest BCUT2D eigenvalue weighted by atomic mass is 16.5. The third-order valence-electron chi connectivity index (χ3n) is 7.26. The van der Waals surface area contributed by atoms with E-state index in [0.29, 0.717) is 25.2 Å². The van der Waals surface area contributed by atoms with Gasteiger partial charge in [-0.05, 0) is 75.6 Å². The first-order chi connectivity index (χ1) is 16.0. The van der Waals surface area contributed by atoms with Crippen LogP contribution in [0.15, 0.2) is 36.5 Å². The molecule has 1 aromatic heterocycles. The van der Waals surface area contributed by atoms with E-state index < -0.39 is 0 Å². The van der Waals surface area contributed by atoms with Gasteiger partial charge >= 0.3 is 0 Å². The summed E-state index contributed by atoms with van der Waals surface area (Å²) in [6.45, 7) is 4.64. The Balaban J connectivity index is 1.44. The van der Waals surface area contributed by atoms with Crippen molar-refractivity contribution in [3.05, 3.63) is 47.7 Å². The average Bonchev–Trinajstić information content (AvgIpc) is 3.17. The molecule has 0 bridgehead atoms. The molecule has 1 atom stereocenters. The van der Waals surface area contributed by atoms with E-state index >= 15 is 0 Å². The van der Waals surface area contributed by atoms with Crippen LogP contribution in [0.3, 0.4) is 0 Å². The van der Waals surface area contributed by atoms with Crippen LogP contribution in [-0.2, 0) is 20.9 Å². The van der Waals surface area contributed by atoms with Gasteiger partial charge in [0.15, 0.2) is 0 Å². The second-order valence-corrected chi connectivity index (χ2v) is 9.97. The van der Waals surface area contributed by atoms with Gasteiger partial charge in [0.05, 0.1) is 30.1 Å². The Hall–Kier alpha value is -2.73. The second-order valence-electron chi connectivity index (χ2n) is 9.97. The predicted octanol–water partition coefficient (Wildman–Crippen LogP) is 5.49. The van der Waals surface area contributed by atoms with Gasteiger partial charge in [0.1, 0.15) is 11.6 Å². The van der Waals surface area contributed by atoms with E-state index in [-0.39, 0.29) is 30.0 Å². The van der Waals surface area contributed by atoms with Gasteiger partial charge < -0.3 is 15.0 Å². The molecule has 0 spiro atoms. The summed E-state index contributed by atoms with van der Waals surface area (Å²) < 4.78 is 6.00. The molecule has 6 heteroatoms. The van der Waals surface area contributed by atoms with E-state index in [2.05, 4.69) is 36.3 Å². The van der Waals surface area contributed by atoms with Crippen LogP contribution in [-0.4, -0.2) is 28.9 Å². The number of Topliss-reactive ketones (excluding diaryl/α,β-unsaturated/α-hetero) is 1. The Morgan fingerprint density at radius 1 is 1.15 bits per heavy atom. The number of rotatable bonds is 4. The van der Waals surface area contributed by atoms with Gasteiger partial charge in [-0.2, -0.15) is 0 Å². The molecule has 2 aliphatic carbocycles. The fourth-order valence-electron chi connectivity index (χ4n) is 5.54. The number of carbonyl (C=O) groups is 2. The lowest BCUT2D eigenvalue weighted by Crippen LogP contribution is -2.38. The third-order valence-corrected chi connectivity index (χ3v) is 7.26. The number of hydrogen-bond acceptors (Lipinski definition) is 5. The average molecular weight is 448 g/mol. The number of hydrogen-bond donors (Lipinski definition) is 1. The molecular weight excluding hydrogens is 414 g/mol. The van der Waals surface area contributed by atoms with Gasteiger partial charge in [-0.1, -0.05) is 12.1 Å². The zero-order valence-electron chi connectivity index (χ0n) is 19.5. The number of nitrogens with one attached hydrogen (secondary N) is 1. The van der Waals surface area contributed by atoms with Crippen molar-refractivity contribution in [1.82, 2.24) is 4.98 Å². The minimum Gasteiger partial charge on any atom is -0.376 e. The summed E-state index contributed by atoms with van der Waals surface area (Å²) in [5.74, 6) is 1.55. The SMILES string of the molecule is CC(C)OC1CCC(C(=O)N2Cc3cccnc3Nc3ccc(C4CCC(=O)C4)cc32)CC1.